The highest BCUT2D eigenvalue weighted by Gasteiger charge is 2.15. The quantitative estimate of drug-likeness (QED) is 0.461. The van der Waals surface area contributed by atoms with Gasteiger partial charge < -0.3 is 4.74 Å². The highest BCUT2D eigenvalue weighted by Crippen LogP contribution is 2.27. The molecule has 3 nitrogen and oxygen atoms in total. The van der Waals surface area contributed by atoms with Crippen LogP contribution in [0.5, 0.6) is 0 Å². The Balaban J connectivity index is 3.21. The Morgan fingerprint density at radius 2 is 2.21 bits per heavy atom. The van der Waals surface area contributed by atoms with Crippen LogP contribution < -0.4 is 0 Å². The Kier molecular flexibility index (Phi) is 4.04. The van der Waals surface area contributed by atoms with Gasteiger partial charge in [0.25, 0.3) is 0 Å². The molecule has 0 atom stereocenters. The Bertz CT molecular complexity index is 371. The molecule has 1 heterocycles. The van der Waals surface area contributed by atoms with Crippen LogP contribution in [-0.4, -0.2) is 24.3 Å². The molecule has 0 N–H and O–H groups in total. The van der Waals surface area contributed by atoms with Gasteiger partial charge in [0.1, 0.15) is 10.2 Å². The number of ether oxygens (including phenoxy) is 1. The van der Waals surface area contributed by atoms with Gasteiger partial charge >= 0.3 is 5.97 Å². The van der Waals surface area contributed by atoms with E-state index in [-0.39, 0.29) is 10.7 Å². The summed E-state index contributed by atoms with van der Waals surface area (Å²) in [5.41, 5.74) is 0.178. The van der Waals surface area contributed by atoms with Crippen molar-refractivity contribution in [3.05, 3.63) is 21.8 Å². The number of halogens is 2. The minimum atomic E-state index is -0.544. The summed E-state index contributed by atoms with van der Waals surface area (Å²) < 4.78 is 4.52. The fourth-order valence-corrected chi connectivity index (χ4v) is 1.93. The van der Waals surface area contributed by atoms with E-state index >= 15 is 0 Å². The largest absolute Gasteiger partial charge is 0.465 e. The van der Waals surface area contributed by atoms with Crippen LogP contribution in [-0.2, 0) is 4.74 Å². The zero-order valence-corrected chi connectivity index (χ0v) is 9.83. The first-order valence-electron chi connectivity index (χ1n) is 3.58. The summed E-state index contributed by atoms with van der Waals surface area (Å²) in [4.78, 5) is 15.1. The summed E-state index contributed by atoms with van der Waals surface area (Å²) in [5, 5.41) is 1.08. The van der Waals surface area contributed by atoms with Gasteiger partial charge in [0.05, 0.1) is 17.7 Å². The Labute approximate surface area is 95.8 Å². The van der Waals surface area contributed by atoms with E-state index in [4.69, 9.17) is 23.2 Å². The molecule has 76 valence electrons. The number of carbonyl (C=O) groups excluding carboxylic acids is 1. The number of carbonyl (C=O) groups is 1. The van der Waals surface area contributed by atoms with E-state index in [1.165, 1.54) is 24.9 Å². The first-order valence-corrected chi connectivity index (χ1v) is 5.56. The number of aromatic nitrogens is 1. The van der Waals surface area contributed by atoms with Crippen molar-refractivity contribution in [1.29, 1.82) is 0 Å². The fraction of sp³-hybridized carbons (Fsp3) is 0.250. The number of hydrogen-bond donors (Lipinski definition) is 0. The van der Waals surface area contributed by atoms with Gasteiger partial charge in [-0.2, -0.15) is 0 Å². The summed E-state index contributed by atoms with van der Waals surface area (Å²) in [5.74, 6) is -0.544. The van der Waals surface area contributed by atoms with Crippen molar-refractivity contribution in [1.82, 2.24) is 4.98 Å². The molecule has 0 aliphatic heterocycles. The lowest BCUT2D eigenvalue weighted by molar-refractivity contribution is 0.0600. The molecule has 0 saturated heterocycles. The number of methoxy groups -OCH3 is 1. The molecule has 0 fully saturated rings. The van der Waals surface area contributed by atoms with Crippen LogP contribution in [0.25, 0.3) is 0 Å². The van der Waals surface area contributed by atoms with Gasteiger partial charge in [-0.05, 0) is 12.3 Å². The second kappa shape index (κ2) is 4.87. The maximum atomic E-state index is 11.2. The summed E-state index contributed by atoms with van der Waals surface area (Å²) in [6.07, 6.45) is 1.82. The second-order valence-corrected chi connectivity index (χ2v) is 3.87. The van der Waals surface area contributed by atoms with Crippen LogP contribution in [0.4, 0.5) is 0 Å². The van der Waals surface area contributed by atoms with Gasteiger partial charge in [-0.3, -0.25) is 0 Å². The summed E-state index contributed by atoms with van der Waals surface area (Å²) >= 11 is 13.0. The summed E-state index contributed by atoms with van der Waals surface area (Å²) in [6, 6.07) is 1.45. The van der Waals surface area contributed by atoms with Crippen LogP contribution in [0.15, 0.2) is 11.1 Å². The standard InChI is InChI=1S/C8H7Cl2NO2S/c1-13-8(12)4-3-5(9)7(14-2)11-6(4)10/h3H,1-2H3. The van der Waals surface area contributed by atoms with E-state index in [9.17, 15) is 4.79 Å². The number of nitrogens with zero attached hydrogens (tertiary/aromatic N) is 1. The van der Waals surface area contributed by atoms with E-state index in [0.29, 0.717) is 10.0 Å². The van der Waals surface area contributed by atoms with Crippen LogP contribution in [0, 0.1) is 0 Å². The molecular formula is C8H7Cl2NO2S. The second-order valence-electron chi connectivity index (χ2n) is 2.31. The van der Waals surface area contributed by atoms with Crippen LogP contribution >= 0.6 is 35.0 Å². The fourth-order valence-electron chi connectivity index (χ4n) is 0.847. The van der Waals surface area contributed by atoms with Crippen molar-refractivity contribution >= 4 is 40.9 Å². The predicted molar refractivity (Wildman–Crippen MR) is 57.4 cm³/mol. The van der Waals surface area contributed by atoms with E-state index in [1.54, 1.807) is 0 Å². The Morgan fingerprint density at radius 3 is 2.71 bits per heavy atom. The van der Waals surface area contributed by atoms with Gasteiger partial charge in [-0.15, -0.1) is 11.8 Å². The molecule has 0 bridgehead atoms. The monoisotopic (exact) mass is 251 g/mol. The van der Waals surface area contributed by atoms with Crippen molar-refractivity contribution < 1.29 is 9.53 Å². The molecule has 1 aromatic heterocycles. The van der Waals surface area contributed by atoms with Gasteiger partial charge in [0, 0.05) is 0 Å². The number of rotatable bonds is 2. The first-order chi connectivity index (χ1) is 6.60. The van der Waals surface area contributed by atoms with Gasteiger partial charge in [-0.1, -0.05) is 23.2 Å². The highest BCUT2D eigenvalue weighted by molar-refractivity contribution is 7.98. The maximum Gasteiger partial charge on any atom is 0.341 e. The summed E-state index contributed by atoms with van der Waals surface area (Å²) in [7, 11) is 1.27. The third-order valence-corrected chi connectivity index (χ3v) is 2.88. The number of esters is 1. The highest BCUT2D eigenvalue weighted by atomic mass is 35.5. The van der Waals surface area contributed by atoms with E-state index < -0.39 is 5.97 Å². The average molecular weight is 252 g/mol. The van der Waals surface area contributed by atoms with E-state index in [2.05, 4.69) is 9.72 Å². The molecule has 0 amide bonds. The van der Waals surface area contributed by atoms with Crippen molar-refractivity contribution in [3.8, 4) is 0 Å². The third-order valence-electron chi connectivity index (χ3n) is 1.50. The van der Waals surface area contributed by atoms with Crippen molar-refractivity contribution in [2.45, 2.75) is 5.03 Å². The number of hydrogen-bond acceptors (Lipinski definition) is 4. The van der Waals surface area contributed by atoms with Gasteiger partial charge in [0.15, 0.2) is 0 Å². The Morgan fingerprint density at radius 1 is 1.57 bits per heavy atom. The molecular weight excluding hydrogens is 245 g/mol. The van der Waals surface area contributed by atoms with Gasteiger partial charge in [-0.25, -0.2) is 9.78 Å². The number of thioether (sulfide) groups is 1. The zero-order valence-electron chi connectivity index (χ0n) is 7.51. The third kappa shape index (κ3) is 2.32. The summed E-state index contributed by atoms with van der Waals surface area (Å²) in [6.45, 7) is 0. The topological polar surface area (TPSA) is 39.2 Å². The van der Waals surface area contributed by atoms with Crippen LogP contribution in [0.2, 0.25) is 10.2 Å². The van der Waals surface area contributed by atoms with Crippen molar-refractivity contribution in [3.63, 3.8) is 0 Å². The zero-order chi connectivity index (χ0) is 10.7. The predicted octanol–water partition coefficient (Wildman–Crippen LogP) is 2.90. The molecule has 0 aliphatic rings. The molecule has 1 aromatic rings. The smallest absolute Gasteiger partial charge is 0.341 e. The molecule has 6 heteroatoms. The normalized spacial score (nSPS) is 10.0. The SMILES string of the molecule is COC(=O)c1cc(Cl)c(SC)nc1Cl. The van der Waals surface area contributed by atoms with E-state index in [1.807, 2.05) is 6.26 Å². The van der Waals surface area contributed by atoms with E-state index in [0.717, 1.165) is 0 Å². The molecule has 14 heavy (non-hydrogen) atoms. The van der Waals surface area contributed by atoms with Gasteiger partial charge in [0.2, 0.25) is 0 Å². The van der Waals surface area contributed by atoms with Crippen LogP contribution in [0.1, 0.15) is 10.4 Å². The minimum absolute atomic E-state index is 0.102. The molecule has 0 unspecified atom stereocenters. The lowest BCUT2D eigenvalue weighted by atomic mass is 10.3. The van der Waals surface area contributed by atoms with Crippen molar-refractivity contribution in [2.75, 3.05) is 13.4 Å². The number of pyridine rings is 1. The maximum absolute atomic E-state index is 11.2. The lowest BCUT2D eigenvalue weighted by Gasteiger charge is -2.04. The average Bonchev–Trinajstić information content (AvgIpc) is 2.19. The first kappa shape index (κ1) is 11.6. The lowest BCUT2D eigenvalue weighted by Crippen LogP contribution is -2.03. The minimum Gasteiger partial charge on any atom is -0.465 e. The Hall–Kier alpha value is -0.450. The molecule has 0 radical (unpaired) electrons. The molecule has 1 rings (SSSR count). The molecule has 0 aliphatic carbocycles. The van der Waals surface area contributed by atoms with Crippen molar-refractivity contribution in [2.24, 2.45) is 0 Å². The molecule has 0 saturated carbocycles. The van der Waals surface area contributed by atoms with Crippen LogP contribution in [0.3, 0.4) is 0 Å². The molecule has 0 aromatic carbocycles. The molecule has 0 spiro atoms.